The summed E-state index contributed by atoms with van der Waals surface area (Å²) in [6, 6.07) is 4.32. The van der Waals surface area contributed by atoms with E-state index in [2.05, 4.69) is 9.80 Å². The molecule has 3 saturated heterocycles. The predicted molar refractivity (Wildman–Crippen MR) is 87.6 cm³/mol. The van der Waals surface area contributed by atoms with Crippen molar-refractivity contribution in [3.05, 3.63) is 24.2 Å². The van der Waals surface area contributed by atoms with Crippen LogP contribution in [0.3, 0.4) is 0 Å². The Morgan fingerprint density at radius 2 is 2.33 bits per heavy atom. The Hall–Kier alpha value is -1.37. The van der Waals surface area contributed by atoms with Crippen LogP contribution in [0.1, 0.15) is 25.0 Å². The molecule has 0 aliphatic carbocycles. The number of aliphatic carboxylic acids is 1. The first kappa shape index (κ1) is 16.1. The van der Waals surface area contributed by atoms with E-state index < -0.39 is 11.4 Å². The van der Waals surface area contributed by atoms with Gasteiger partial charge in [0.15, 0.2) is 0 Å². The van der Waals surface area contributed by atoms with Crippen molar-refractivity contribution < 1.29 is 19.1 Å². The van der Waals surface area contributed by atoms with Gasteiger partial charge in [0.1, 0.15) is 5.76 Å². The highest BCUT2D eigenvalue weighted by molar-refractivity contribution is 5.76. The Kier molecular flexibility index (Phi) is 4.37. The van der Waals surface area contributed by atoms with Gasteiger partial charge in [-0.25, -0.2) is 0 Å². The highest BCUT2D eigenvalue weighted by Crippen LogP contribution is 2.44. The molecule has 3 atom stereocenters. The van der Waals surface area contributed by atoms with Crippen LogP contribution in [0.4, 0.5) is 0 Å². The largest absolute Gasteiger partial charge is 0.481 e. The van der Waals surface area contributed by atoms with E-state index in [1.54, 1.807) is 6.26 Å². The molecule has 3 aliphatic heterocycles. The first-order chi connectivity index (χ1) is 11.7. The van der Waals surface area contributed by atoms with Gasteiger partial charge in [-0.05, 0) is 37.9 Å². The van der Waals surface area contributed by atoms with Gasteiger partial charge in [-0.15, -0.1) is 0 Å². The zero-order valence-electron chi connectivity index (χ0n) is 14.0. The lowest BCUT2D eigenvalue weighted by Crippen LogP contribution is -2.44. The third kappa shape index (κ3) is 2.87. The molecule has 0 amide bonds. The van der Waals surface area contributed by atoms with Gasteiger partial charge in [-0.3, -0.25) is 14.6 Å². The predicted octanol–water partition coefficient (Wildman–Crippen LogP) is 1.67. The second-order valence-electron chi connectivity index (χ2n) is 7.52. The zero-order chi connectivity index (χ0) is 16.6. The summed E-state index contributed by atoms with van der Waals surface area (Å²) in [7, 11) is 0. The monoisotopic (exact) mass is 334 g/mol. The van der Waals surface area contributed by atoms with E-state index >= 15 is 0 Å². The molecule has 0 bridgehead atoms. The summed E-state index contributed by atoms with van der Waals surface area (Å²) in [5, 5.41) is 10.0. The van der Waals surface area contributed by atoms with Gasteiger partial charge in [0.25, 0.3) is 0 Å². The minimum Gasteiger partial charge on any atom is -0.481 e. The maximum atomic E-state index is 12.2. The quantitative estimate of drug-likeness (QED) is 0.903. The average molecular weight is 334 g/mol. The summed E-state index contributed by atoms with van der Waals surface area (Å²) in [6.45, 7) is 5.65. The lowest BCUT2D eigenvalue weighted by Gasteiger charge is -2.31. The molecule has 6 heteroatoms. The Labute approximate surface area is 142 Å². The Bertz CT molecular complexity index is 570. The minimum atomic E-state index is -0.626. The van der Waals surface area contributed by atoms with E-state index in [1.807, 2.05) is 12.1 Å². The van der Waals surface area contributed by atoms with Crippen molar-refractivity contribution in [3.8, 4) is 0 Å². The third-order valence-electron chi connectivity index (χ3n) is 6.10. The fourth-order valence-electron chi connectivity index (χ4n) is 4.80. The van der Waals surface area contributed by atoms with Crippen LogP contribution >= 0.6 is 0 Å². The average Bonchev–Trinajstić information content (AvgIpc) is 3.28. The second kappa shape index (κ2) is 6.50. The minimum absolute atomic E-state index is 0.174. The number of carbonyl (C=O) groups is 1. The number of hydrogen-bond acceptors (Lipinski definition) is 5. The summed E-state index contributed by atoms with van der Waals surface area (Å²) < 4.78 is 11.0. The van der Waals surface area contributed by atoms with Crippen LogP contribution in [0.25, 0.3) is 0 Å². The van der Waals surface area contributed by atoms with Crippen LogP contribution in [-0.4, -0.2) is 66.3 Å². The van der Waals surface area contributed by atoms with E-state index in [1.165, 1.54) is 0 Å². The normalized spacial score (nSPS) is 35.0. The standard InChI is InChI=1S/C18H26N2O4/c21-17(22)18-5-2-6-20(15-4-8-23-12-15)10-14(18)9-19(13-18)11-16-3-1-7-24-16/h1,3,7,14-15H,2,4-6,8-13H2,(H,21,22)/t14-,15?,18+/m1/s1. The van der Waals surface area contributed by atoms with E-state index in [4.69, 9.17) is 9.15 Å². The number of carboxylic acids is 1. The number of carboxylic acid groups (broad SMARTS) is 1. The van der Waals surface area contributed by atoms with Crippen molar-refractivity contribution in [3.63, 3.8) is 0 Å². The number of likely N-dealkylation sites (tertiary alicyclic amines) is 2. The summed E-state index contributed by atoms with van der Waals surface area (Å²) in [5.74, 6) is 0.458. The molecule has 3 aliphatic rings. The van der Waals surface area contributed by atoms with Gasteiger partial charge in [0, 0.05) is 38.2 Å². The number of rotatable bonds is 4. The molecule has 0 aromatic carbocycles. The topological polar surface area (TPSA) is 66.2 Å². The molecule has 1 aromatic rings. The third-order valence-corrected chi connectivity index (χ3v) is 6.10. The molecule has 4 rings (SSSR count). The zero-order valence-corrected chi connectivity index (χ0v) is 14.0. The smallest absolute Gasteiger partial charge is 0.311 e. The van der Waals surface area contributed by atoms with Gasteiger partial charge >= 0.3 is 5.97 Å². The van der Waals surface area contributed by atoms with Crippen molar-refractivity contribution >= 4 is 5.97 Å². The van der Waals surface area contributed by atoms with Gasteiger partial charge < -0.3 is 14.3 Å². The molecule has 24 heavy (non-hydrogen) atoms. The fraction of sp³-hybridized carbons (Fsp3) is 0.722. The maximum Gasteiger partial charge on any atom is 0.311 e. The van der Waals surface area contributed by atoms with Crippen molar-refractivity contribution in [2.45, 2.75) is 31.8 Å². The summed E-state index contributed by atoms with van der Waals surface area (Å²) in [5.41, 5.74) is -0.610. The number of nitrogens with zero attached hydrogens (tertiary/aromatic N) is 2. The van der Waals surface area contributed by atoms with Gasteiger partial charge in [0.2, 0.25) is 0 Å². The molecule has 1 N–H and O–H groups in total. The van der Waals surface area contributed by atoms with Crippen LogP contribution < -0.4 is 0 Å². The van der Waals surface area contributed by atoms with Crippen molar-refractivity contribution in [2.24, 2.45) is 11.3 Å². The number of ether oxygens (including phenoxy) is 1. The van der Waals surface area contributed by atoms with Crippen LogP contribution in [-0.2, 0) is 16.1 Å². The Morgan fingerprint density at radius 3 is 3.04 bits per heavy atom. The highest BCUT2D eigenvalue weighted by atomic mass is 16.5. The molecular formula is C18H26N2O4. The van der Waals surface area contributed by atoms with Crippen molar-refractivity contribution in [1.82, 2.24) is 9.80 Å². The Morgan fingerprint density at radius 1 is 1.42 bits per heavy atom. The van der Waals surface area contributed by atoms with Crippen LogP contribution in [0.2, 0.25) is 0 Å². The fourth-order valence-corrected chi connectivity index (χ4v) is 4.80. The second-order valence-corrected chi connectivity index (χ2v) is 7.52. The molecule has 1 unspecified atom stereocenters. The van der Waals surface area contributed by atoms with Gasteiger partial charge in [0.05, 0.1) is 24.8 Å². The van der Waals surface area contributed by atoms with Gasteiger partial charge in [-0.2, -0.15) is 0 Å². The van der Waals surface area contributed by atoms with Crippen molar-refractivity contribution in [2.75, 3.05) is 39.4 Å². The lowest BCUT2D eigenvalue weighted by atomic mass is 9.75. The molecule has 0 radical (unpaired) electrons. The lowest BCUT2D eigenvalue weighted by molar-refractivity contribution is -0.151. The molecule has 0 spiro atoms. The van der Waals surface area contributed by atoms with Crippen LogP contribution in [0.5, 0.6) is 0 Å². The molecular weight excluding hydrogens is 308 g/mol. The van der Waals surface area contributed by atoms with E-state index in [9.17, 15) is 9.90 Å². The van der Waals surface area contributed by atoms with Crippen LogP contribution in [0.15, 0.2) is 22.8 Å². The van der Waals surface area contributed by atoms with E-state index in [-0.39, 0.29) is 5.92 Å². The first-order valence-corrected chi connectivity index (χ1v) is 8.97. The van der Waals surface area contributed by atoms with Crippen LogP contribution in [0, 0.1) is 11.3 Å². The SMILES string of the molecule is O=C(O)[C@]12CCCN(C3CCOC3)C[C@H]1CN(Cc1ccco1)C2. The summed E-state index contributed by atoms with van der Waals surface area (Å²) >= 11 is 0. The number of fused-ring (bicyclic) bond motifs is 1. The number of furan rings is 1. The molecule has 4 heterocycles. The maximum absolute atomic E-state index is 12.2. The highest BCUT2D eigenvalue weighted by Gasteiger charge is 2.53. The molecule has 132 valence electrons. The van der Waals surface area contributed by atoms with E-state index in [0.29, 0.717) is 19.1 Å². The summed E-state index contributed by atoms with van der Waals surface area (Å²) in [4.78, 5) is 16.9. The first-order valence-electron chi connectivity index (χ1n) is 8.97. The molecule has 6 nitrogen and oxygen atoms in total. The van der Waals surface area contributed by atoms with Gasteiger partial charge in [-0.1, -0.05) is 0 Å². The number of hydrogen-bond donors (Lipinski definition) is 1. The molecule has 1 aromatic heterocycles. The molecule has 3 fully saturated rings. The Balaban J connectivity index is 1.51. The molecule has 0 saturated carbocycles. The van der Waals surface area contributed by atoms with Crippen molar-refractivity contribution in [1.29, 1.82) is 0 Å². The van der Waals surface area contributed by atoms with E-state index in [0.717, 1.165) is 57.9 Å². The summed E-state index contributed by atoms with van der Waals surface area (Å²) in [6.07, 6.45) is 4.47.